The van der Waals surface area contributed by atoms with E-state index in [1.54, 1.807) is 12.1 Å². The largest absolute Gasteiger partial charge is 0.508 e. The van der Waals surface area contributed by atoms with Crippen LogP contribution in [0.3, 0.4) is 0 Å². The number of carbonyl (C=O) groups excluding carboxylic acids is 1. The van der Waals surface area contributed by atoms with Gasteiger partial charge in [0, 0.05) is 22.3 Å². The fourth-order valence-electron chi connectivity index (χ4n) is 4.91. The van der Waals surface area contributed by atoms with E-state index in [0.717, 1.165) is 28.0 Å². The number of phenols is 1. The summed E-state index contributed by atoms with van der Waals surface area (Å²) >= 11 is 0. The van der Waals surface area contributed by atoms with Gasteiger partial charge in [0.1, 0.15) is 17.2 Å². The fraction of sp³-hybridized carbons (Fsp3) is 0.0385. The van der Waals surface area contributed by atoms with Gasteiger partial charge in [-0.05, 0) is 35.4 Å². The summed E-state index contributed by atoms with van der Waals surface area (Å²) in [5.74, 6) is 1.68. The molecule has 1 aliphatic carbocycles. The van der Waals surface area contributed by atoms with E-state index >= 15 is 0 Å². The van der Waals surface area contributed by atoms with Gasteiger partial charge in [0.05, 0.1) is 5.41 Å². The SMILES string of the molecule is O=C1c2ccccc2[C@@]2(c3ccc(O)cc3)c3ccccc3Oc3cccc1c32. The lowest BCUT2D eigenvalue weighted by Crippen LogP contribution is -2.40. The second-order valence-electron chi connectivity index (χ2n) is 7.45. The van der Waals surface area contributed by atoms with Crippen LogP contribution >= 0.6 is 0 Å². The summed E-state index contributed by atoms with van der Waals surface area (Å²) in [5.41, 5.74) is 4.44. The van der Waals surface area contributed by atoms with E-state index in [9.17, 15) is 9.90 Å². The third kappa shape index (κ3) is 1.94. The third-order valence-electron chi connectivity index (χ3n) is 6.03. The number of hydrogen-bond donors (Lipinski definition) is 1. The van der Waals surface area contributed by atoms with E-state index in [-0.39, 0.29) is 11.5 Å². The van der Waals surface area contributed by atoms with Crippen molar-refractivity contribution in [3.8, 4) is 17.2 Å². The van der Waals surface area contributed by atoms with Crippen LogP contribution in [0.15, 0.2) is 91.0 Å². The van der Waals surface area contributed by atoms with Gasteiger partial charge in [0.25, 0.3) is 0 Å². The van der Waals surface area contributed by atoms with Gasteiger partial charge in [0.2, 0.25) is 0 Å². The summed E-state index contributed by atoms with van der Waals surface area (Å²) in [6, 6.07) is 28.7. The van der Waals surface area contributed by atoms with Crippen molar-refractivity contribution in [3.05, 3.63) is 124 Å². The number of carbonyl (C=O) groups is 1. The highest BCUT2D eigenvalue weighted by molar-refractivity contribution is 6.14. The van der Waals surface area contributed by atoms with Crippen LogP contribution in [0.2, 0.25) is 0 Å². The number of para-hydroxylation sites is 1. The summed E-state index contributed by atoms with van der Waals surface area (Å²) in [7, 11) is 0. The second-order valence-corrected chi connectivity index (χ2v) is 7.45. The van der Waals surface area contributed by atoms with Crippen molar-refractivity contribution in [3.63, 3.8) is 0 Å². The molecular weight excluding hydrogens is 360 g/mol. The van der Waals surface area contributed by atoms with Crippen molar-refractivity contribution in [2.45, 2.75) is 5.41 Å². The molecule has 1 aliphatic heterocycles. The molecule has 6 rings (SSSR count). The first kappa shape index (κ1) is 16.1. The van der Waals surface area contributed by atoms with Gasteiger partial charge in [-0.1, -0.05) is 66.7 Å². The highest BCUT2D eigenvalue weighted by atomic mass is 16.5. The topological polar surface area (TPSA) is 46.5 Å². The summed E-state index contributed by atoms with van der Waals surface area (Å²) < 4.78 is 6.26. The standard InChI is InChI=1S/C26H16O3/c27-17-14-12-16(13-15-17)26-20-8-2-1-6-18(20)25(28)19-7-5-11-23(24(19)26)29-22-10-4-3-9-21(22)26/h1-15,27H/t26-/m0/s1. The van der Waals surface area contributed by atoms with Crippen LogP contribution in [0.4, 0.5) is 0 Å². The molecule has 4 aromatic carbocycles. The Morgan fingerprint density at radius 3 is 2.14 bits per heavy atom. The molecule has 0 fully saturated rings. The molecule has 0 radical (unpaired) electrons. The molecule has 1 heterocycles. The Balaban J connectivity index is 1.87. The average Bonchev–Trinajstić information content (AvgIpc) is 2.77. The van der Waals surface area contributed by atoms with Crippen LogP contribution in [-0.2, 0) is 5.41 Å². The van der Waals surface area contributed by atoms with Crippen LogP contribution in [0, 0.1) is 0 Å². The minimum absolute atomic E-state index is 0.00911. The van der Waals surface area contributed by atoms with Crippen molar-refractivity contribution >= 4 is 5.78 Å². The zero-order valence-electron chi connectivity index (χ0n) is 15.4. The number of fused-ring (bicyclic) bond motifs is 4. The Labute approximate surface area is 167 Å². The van der Waals surface area contributed by atoms with E-state index in [1.165, 1.54) is 0 Å². The van der Waals surface area contributed by atoms with Gasteiger partial charge in [-0.3, -0.25) is 4.79 Å². The molecule has 0 saturated carbocycles. The number of ketones is 1. The Morgan fingerprint density at radius 2 is 1.31 bits per heavy atom. The van der Waals surface area contributed by atoms with Crippen LogP contribution in [-0.4, -0.2) is 10.9 Å². The molecular formula is C26H16O3. The molecule has 138 valence electrons. The number of hydrogen-bond acceptors (Lipinski definition) is 3. The molecule has 0 spiro atoms. The van der Waals surface area contributed by atoms with Gasteiger partial charge >= 0.3 is 0 Å². The van der Waals surface area contributed by atoms with Crippen molar-refractivity contribution in [2.75, 3.05) is 0 Å². The summed E-state index contributed by atoms with van der Waals surface area (Å²) in [6.07, 6.45) is 0. The minimum Gasteiger partial charge on any atom is -0.508 e. The van der Waals surface area contributed by atoms with E-state index in [2.05, 4.69) is 6.07 Å². The predicted octanol–water partition coefficient (Wildman–Crippen LogP) is 5.43. The van der Waals surface area contributed by atoms with Crippen molar-refractivity contribution in [1.82, 2.24) is 0 Å². The minimum atomic E-state index is -0.695. The van der Waals surface area contributed by atoms with Gasteiger partial charge < -0.3 is 9.84 Å². The lowest BCUT2D eigenvalue weighted by molar-refractivity contribution is 0.103. The van der Waals surface area contributed by atoms with E-state index in [0.29, 0.717) is 16.9 Å². The molecule has 1 atom stereocenters. The van der Waals surface area contributed by atoms with Crippen LogP contribution < -0.4 is 4.74 Å². The number of aromatic hydroxyl groups is 1. The molecule has 0 aromatic heterocycles. The maximum absolute atomic E-state index is 13.4. The van der Waals surface area contributed by atoms with Gasteiger partial charge in [-0.2, -0.15) is 0 Å². The second kappa shape index (κ2) is 5.58. The van der Waals surface area contributed by atoms with Gasteiger partial charge in [-0.15, -0.1) is 0 Å². The quantitative estimate of drug-likeness (QED) is 0.416. The highest BCUT2D eigenvalue weighted by Crippen LogP contribution is 2.59. The molecule has 4 aromatic rings. The van der Waals surface area contributed by atoms with Crippen molar-refractivity contribution in [1.29, 1.82) is 0 Å². The summed E-state index contributed by atoms with van der Waals surface area (Å²) in [6.45, 7) is 0. The molecule has 3 heteroatoms. The summed E-state index contributed by atoms with van der Waals surface area (Å²) in [5, 5.41) is 9.93. The molecule has 1 N–H and O–H groups in total. The van der Waals surface area contributed by atoms with Crippen LogP contribution in [0.25, 0.3) is 0 Å². The molecule has 0 amide bonds. The molecule has 0 unspecified atom stereocenters. The van der Waals surface area contributed by atoms with Crippen molar-refractivity contribution < 1.29 is 14.6 Å². The number of rotatable bonds is 1. The lowest BCUT2D eigenvalue weighted by atomic mass is 9.58. The third-order valence-corrected chi connectivity index (χ3v) is 6.03. The maximum atomic E-state index is 13.4. The molecule has 2 aliphatic rings. The van der Waals surface area contributed by atoms with Crippen LogP contribution in [0.1, 0.15) is 38.2 Å². The Morgan fingerprint density at radius 1 is 0.655 bits per heavy atom. The molecule has 3 nitrogen and oxygen atoms in total. The zero-order chi connectivity index (χ0) is 19.6. The van der Waals surface area contributed by atoms with E-state index in [4.69, 9.17) is 4.74 Å². The normalized spacial score (nSPS) is 18.3. The first-order chi connectivity index (χ1) is 14.2. The molecule has 0 saturated heterocycles. The average molecular weight is 376 g/mol. The Bertz CT molecular complexity index is 1300. The summed E-state index contributed by atoms with van der Waals surface area (Å²) in [4.78, 5) is 13.4. The monoisotopic (exact) mass is 376 g/mol. The first-order valence-electron chi connectivity index (χ1n) is 9.56. The van der Waals surface area contributed by atoms with Crippen molar-refractivity contribution in [2.24, 2.45) is 0 Å². The molecule has 29 heavy (non-hydrogen) atoms. The maximum Gasteiger partial charge on any atom is 0.193 e. The Hall–Kier alpha value is -3.85. The Kier molecular flexibility index (Phi) is 3.11. The smallest absolute Gasteiger partial charge is 0.193 e. The molecule has 0 bridgehead atoms. The lowest BCUT2D eigenvalue weighted by Gasteiger charge is -2.45. The highest BCUT2D eigenvalue weighted by Gasteiger charge is 2.51. The van der Waals surface area contributed by atoms with E-state index in [1.807, 2.05) is 72.8 Å². The van der Waals surface area contributed by atoms with E-state index < -0.39 is 5.41 Å². The van der Waals surface area contributed by atoms with Gasteiger partial charge in [0.15, 0.2) is 5.78 Å². The first-order valence-corrected chi connectivity index (χ1v) is 9.56. The number of benzene rings is 4. The zero-order valence-corrected chi connectivity index (χ0v) is 15.4. The number of phenolic OH excluding ortho intramolecular Hbond substituents is 1. The fourth-order valence-corrected chi connectivity index (χ4v) is 4.91. The number of ether oxygens (including phenoxy) is 1. The predicted molar refractivity (Wildman–Crippen MR) is 110 cm³/mol. The van der Waals surface area contributed by atoms with Crippen LogP contribution in [0.5, 0.6) is 17.2 Å². The van der Waals surface area contributed by atoms with Gasteiger partial charge in [-0.25, -0.2) is 0 Å².